The molecule has 6 heteroatoms. The van der Waals surface area contributed by atoms with Crippen LogP contribution in [0, 0.1) is 5.92 Å². The van der Waals surface area contributed by atoms with E-state index in [2.05, 4.69) is 21.5 Å². The van der Waals surface area contributed by atoms with Gasteiger partial charge in [0.05, 0.1) is 12.2 Å². The van der Waals surface area contributed by atoms with Crippen molar-refractivity contribution >= 4 is 21.5 Å². The summed E-state index contributed by atoms with van der Waals surface area (Å²) in [5.41, 5.74) is 0.627. The number of fused-ring (bicyclic) bond motifs is 1. The number of hydrogen-bond donors (Lipinski definition) is 1. The van der Waals surface area contributed by atoms with Crippen molar-refractivity contribution in [1.29, 1.82) is 0 Å². The van der Waals surface area contributed by atoms with Gasteiger partial charge < -0.3 is 5.32 Å². The van der Waals surface area contributed by atoms with Crippen molar-refractivity contribution in [3.05, 3.63) is 24.3 Å². The normalized spacial score (nSPS) is 25.4. The topological polar surface area (TPSA) is 61.8 Å². The first-order valence-electron chi connectivity index (χ1n) is 6.97. The Morgan fingerprint density at radius 1 is 1.40 bits per heavy atom. The molecule has 0 spiro atoms. The Morgan fingerprint density at radius 2 is 2.20 bits per heavy atom. The van der Waals surface area contributed by atoms with Gasteiger partial charge in [0.15, 0.2) is 0 Å². The van der Waals surface area contributed by atoms with Crippen LogP contribution in [0.4, 0.5) is 5.69 Å². The molecule has 0 unspecified atom stereocenters. The van der Waals surface area contributed by atoms with E-state index in [1.165, 1.54) is 6.42 Å². The van der Waals surface area contributed by atoms with Gasteiger partial charge in [0, 0.05) is 6.54 Å². The van der Waals surface area contributed by atoms with Crippen LogP contribution in [-0.2, 0) is 10.0 Å². The minimum atomic E-state index is -3.56. The maximum Gasteiger partial charge on any atom is 0.286 e. The van der Waals surface area contributed by atoms with Gasteiger partial charge in [0.1, 0.15) is 10.7 Å². The molecule has 0 saturated carbocycles. The van der Waals surface area contributed by atoms with Crippen molar-refractivity contribution in [2.75, 3.05) is 25.0 Å². The summed E-state index contributed by atoms with van der Waals surface area (Å²) in [6.07, 6.45) is 2.41. The van der Waals surface area contributed by atoms with Crippen LogP contribution >= 0.6 is 0 Å². The predicted octanol–water partition coefficient (Wildman–Crippen LogP) is 1.93. The van der Waals surface area contributed by atoms with E-state index in [4.69, 9.17) is 0 Å². The molecule has 1 saturated heterocycles. The molecule has 0 amide bonds. The molecular weight excluding hydrogens is 274 g/mol. The van der Waals surface area contributed by atoms with Crippen LogP contribution in [0.25, 0.3) is 0 Å². The molecule has 20 heavy (non-hydrogen) atoms. The van der Waals surface area contributed by atoms with Gasteiger partial charge in [0.2, 0.25) is 0 Å². The number of nitrogens with zero attached hydrogens (tertiary/aromatic N) is 2. The molecule has 0 radical (unpaired) electrons. The molecule has 108 valence electrons. The highest BCUT2D eigenvalue weighted by atomic mass is 32.2. The van der Waals surface area contributed by atoms with Crippen LogP contribution in [0.2, 0.25) is 0 Å². The largest absolute Gasteiger partial charge is 0.341 e. The van der Waals surface area contributed by atoms with Crippen molar-refractivity contribution in [2.24, 2.45) is 10.3 Å². The zero-order valence-corrected chi connectivity index (χ0v) is 12.4. The second-order valence-electron chi connectivity index (χ2n) is 5.62. The SMILES string of the molecule is C[C@@H]1CCCN(CC2=NS(=O)(=O)c3ccccc3N2)C1. The van der Waals surface area contributed by atoms with Crippen molar-refractivity contribution in [2.45, 2.75) is 24.7 Å². The lowest BCUT2D eigenvalue weighted by atomic mass is 10.0. The first kappa shape index (κ1) is 13.6. The number of benzene rings is 1. The standard InChI is InChI=1S/C14H19N3O2S/c1-11-5-4-8-17(9-11)10-14-15-12-6-2-3-7-13(12)20(18,19)16-14/h2-3,6-7,11H,4-5,8-10H2,1H3,(H,15,16)/t11-/m1/s1. The van der Waals surface area contributed by atoms with Gasteiger partial charge in [-0.3, -0.25) is 4.90 Å². The molecule has 0 bridgehead atoms. The summed E-state index contributed by atoms with van der Waals surface area (Å²) in [5.74, 6) is 1.19. The molecule has 5 nitrogen and oxygen atoms in total. The van der Waals surface area contributed by atoms with E-state index in [1.807, 2.05) is 6.07 Å². The molecule has 2 aliphatic rings. The van der Waals surface area contributed by atoms with Gasteiger partial charge in [-0.2, -0.15) is 8.42 Å². The average molecular weight is 293 g/mol. The fourth-order valence-corrected chi connectivity index (χ4v) is 4.02. The molecular formula is C14H19N3O2S. The highest BCUT2D eigenvalue weighted by molar-refractivity contribution is 7.90. The number of amidine groups is 1. The van der Waals surface area contributed by atoms with Crippen LogP contribution in [0.1, 0.15) is 19.8 Å². The van der Waals surface area contributed by atoms with Crippen molar-refractivity contribution in [1.82, 2.24) is 4.90 Å². The molecule has 1 fully saturated rings. The van der Waals surface area contributed by atoms with Gasteiger partial charge in [-0.25, -0.2) is 0 Å². The van der Waals surface area contributed by atoms with Crippen LogP contribution in [-0.4, -0.2) is 38.8 Å². The third kappa shape index (κ3) is 2.71. The number of sulfonamides is 1. The van der Waals surface area contributed by atoms with Gasteiger partial charge in [0.25, 0.3) is 10.0 Å². The lowest BCUT2D eigenvalue weighted by Gasteiger charge is -2.31. The third-order valence-electron chi connectivity index (χ3n) is 3.79. The quantitative estimate of drug-likeness (QED) is 0.905. The van der Waals surface area contributed by atoms with Crippen molar-refractivity contribution in [3.8, 4) is 0 Å². The zero-order valence-electron chi connectivity index (χ0n) is 11.5. The van der Waals surface area contributed by atoms with Gasteiger partial charge >= 0.3 is 0 Å². The summed E-state index contributed by atoms with van der Waals surface area (Å²) in [6.45, 7) is 4.81. The monoisotopic (exact) mass is 293 g/mol. The van der Waals surface area contributed by atoms with E-state index in [9.17, 15) is 8.42 Å². The van der Waals surface area contributed by atoms with E-state index in [-0.39, 0.29) is 4.90 Å². The van der Waals surface area contributed by atoms with E-state index in [0.717, 1.165) is 19.5 Å². The Bertz CT molecular complexity index is 640. The average Bonchev–Trinajstić information content (AvgIpc) is 2.38. The number of anilines is 1. The Morgan fingerprint density at radius 3 is 3.00 bits per heavy atom. The number of likely N-dealkylation sites (tertiary alicyclic amines) is 1. The van der Waals surface area contributed by atoms with Gasteiger partial charge in [-0.05, 0) is 37.4 Å². The van der Waals surface area contributed by atoms with Crippen LogP contribution in [0.5, 0.6) is 0 Å². The summed E-state index contributed by atoms with van der Waals surface area (Å²) < 4.78 is 28.2. The number of rotatable bonds is 2. The molecule has 1 aromatic carbocycles. The summed E-state index contributed by atoms with van der Waals surface area (Å²) >= 11 is 0. The molecule has 2 aliphatic heterocycles. The molecule has 1 N–H and O–H groups in total. The highest BCUT2D eigenvalue weighted by Gasteiger charge is 2.26. The molecule has 0 aromatic heterocycles. The Hall–Kier alpha value is -1.40. The number of para-hydroxylation sites is 1. The maximum atomic E-state index is 12.1. The summed E-state index contributed by atoms with van der Waals surface area (Å²) in [6, 6.07) is 6.90. The minimum Gasteiger partial charge on any atom is -0.341 e. The molecule has 0 aliphatic carbocycles. The third-order valence-corrected chi connectivity index (χ3v) is 5.16. The highest BCUT2D eigenvalue weighted by Crippen LogP contribution is 2.27. The summed E-state index contributed by atoms with van der Waals surface area (Å²) in [5, 5.41) is 3.14. The lowest BCUT2D eigenvalue weighted by Crippen LogP contribution is -2.41. The summed E-state index contributed by atoms with van der Waals surface area (Å²) in [7, 11) is -3.56. The smallest absolute Gasteiger partial charge is 0.286 e. The minimum absolute atomic E-state index is 0.260. The van der Waals surface area contributed by atoms with Gasteiger partial charge in [-0.1, -0.05) is 19.1 Å². The van der Waals surface area contributed by atoms with E-state index in [0.29, 0.717) is 24.0 Å². The summed E-state index contributed by atoms with van der Waals surface area (Å²) in [4.78, 5) is 2.53. The fraction of sp³-hybridized carbons (Fsp3) is 0.500. The number of hydrogen-bond acceptors (Lipinski definition) is 4. The Kier molecular flexibility index (Phi) is 3.52. The number of piperidine rings is 1. The molecule has 2 heterocycles. The second-order valence-corrected chi connectivity index (χ2v) is 7.19. The lowest BCUT2D eigenvalue weighted by molar-refractivity contribution is 0.207. The van der Waals surface area contributed by atoms with Crippen LogP contribution < -0.4 is 5.32 Å². The van der Waals surface area contributed by atoms with Gasteiger partial charge in [-0.15, -0.1) is 4.40 Å². The maximum absolute atomic E-state index is 12.1. The van der Waals surface area contributed by atoms with Crippen molar-refractivity contribution in [3.63, 3.8) is 0 Å². The van der Waals surface area contributed by atoms with E-state index in [1.54, 1.807) is 18.2 Å². The first-order valence-corrected chi connectivity index (χ1v) is 8.41. The molecule has 1 atom stereocenters. The first-order chi connectivity index (χ1) is 9.54. The molecule has 1 aromatic rings. The number of nitrogens with one attached hydrogen (secondary N) is 1. The Balaban J connectivity index is 1.81. The Labute approximate surface area is 119 Å². The van der Waals surface area contributed by atoms with Crippen LogP contribution in [0.15, 0.2) is 33.6 Å². The van der Waals surface area contributed by atoms with E-state index >= 15 is 0 Å². The van der Waals surface area contributed by atoms with Crippen LogP contribution in [0.3, 0.4) is 0 Å². The van der Waals surface area contributed by atoms with Crippen molar-refractivity contribution < 1.29 is 8.42 Å². The predicted molar refractivity (Wildman–Crippen MR) is 79.5 cm³/mol. The molecule has 3 rings (SSSR count). The van der Waals surface area contributed by atoms with E-state index < -0.39 is 10.0 Å². The second kappa shape index (κ2) is 5.18. The zero-order chi connectivity index (χ0) is 14.2. The fourth-order valence-electron chi connectivity index (χ4n) is 2.88.